The number of amides is 1. The minimum Gasteiger partial charge on any atom is -0.355 e. The second-order valence-electron chi connectivity index (χ2n) is 5.04. The molecule has 1 aromatic heterocycles. The summed E-state index contributed by atoms with van der Waals surface area (Å²) >= 11 is 1.81. The number of carbonyl (C=O) groups is 1. The second kappa shape index (κ2) is 9.39. The van der Waals surface area contributed by atoms with Crippen molar-refractivity contribution < 1.29 is 4.79 Å². The molecule has 1 rings (SSSR count). The monoisotopic (exact) mass is 310 g/mol. The lowest BCUT2D eigenvalue weighted by Gasteiger charge is -2.17. The highest BCUT2D eigenvalue weighted by atomic mass is 32.1. The zero-order chi connectivity index (χ0) is 15.7. The van der Waals surface area contributed by atoms with Crippen molar-refractivity contribution in [2.45, 2.75) is 39.7 Å². The van der Waals surface area contributed by atoms with Gasteiger partial charge in [0.05, 0.1) is 6.54 Å². The van der Waals surface area contributed by atoms with Crippen LogP contribution < -0.4 is 16.0 Å². The third-order valence-corrected chi connectivity index (χ3v) is 3.92. The van der Waals surface area contributed by atoms with E-state index in [-0.39, 0.29) is 18.5 Å². The average Bonchev–Trinajstić information content (AvgIpc) is 2.86. The minimum absolute atomic E-state index is 0.0127. The van der Waals surface area contributed by atoms with Crippen LogP contribution in [-0.2, 0) is 11.2 Å². The highest BCUT2D eigenvalue weighted by Gasteiger charge is 2.08. The summed E-state index contributed by atoms with van der Waals surface area (Å²) in [4.78, 5) is 18.4. The first-order chi connectivity index (χ1) is 10.0. The van der Waals surface area contributed by atoms with Gasteiger partial charge in [0, 0.05) is 35.8 Å². The fraction of sp³-hybridized carbons (Fsp3) is 0.600. The molecule has 0 aromatic carbocycles. The van der Waals surface area contributed by atoms with Crippen molar-refractivity contribution in [1.82, 2.24) is 16.0 Å². The topological polar surface area (TPSA) is 65.5 Å². The van der Waals surface area contributed by atoms with Crippen LogP contribution in [0.5, 0.6) is 0 Å². The van der Waals surface area contributed by atoms with Crippen LogP contribution in [0.1, 0.15) is 30.0 Å². The van der Waals surface area contributed by atoms with E-state index in [0.29, 0.717) is 12.5 Å². The minimum atomic E-state index is -0.0127. The number of guanidine groups is 1. The quantitative estimate of drug-likeness (QED) is 0.530. The molecule has 1 amide bonds. The highest BCUT2D eigenvalue weighted by Crippen LogP contribution is 2.16. The maximum atomic E-state index is 11.5. The van der Waals surface area contributed by atoms with Gasteiger partial charge in [-0.2, -0.15) is 0 Å². The van der Waals surface area contributed by atoms with Crippen LogP contribution >= 0.6 is 11.3 Å². The Bertz CT molecular complexity index is 470. The fourth-order valence-electron chi connectivity index (χ4n) is 1.87. The van der Waals surface area contributed by atoms with Gasteiger partial charge in [0.2, 0.25) is 5.91 Å². The number of hydrogen-bond donors (Lipinski definition) is 3. The predicted molar refractivity (Wildman–Crippen MR) is 90.0 cm³/mol. The molecule has 118 valence electrons. The van der Waals surface area contributed by atoms with Crippen molar-refractivity contribution in [3.8, 4) is 0 Å². The Kier molecular flexibility index (Phi) is 7.82. The van der Waals surface area contributed by atoms with Gasteiger partial charge >= 0.3 is 0 Å². The molecule has 1 aromatic rings. The molecule has 5 nitrogen and oxygen atoms in total. The first-order valence-electron chi connectivity index (χ1n) is 7.34. The number of rotatable bonds is 7. The lowest BCUT2D eigenvalue weighted by molar-refractivity contribution is -0.120. The first-order valence-corrected chi connectivity index (χ1v) is 8.16. The molecule has 0 saturated heterocycles. The molecular formula is C15H26N4OS. The Morgan fingerprint density at radius 1 is 1.38 bits per heavy atom. The third-order valence-electron chi connectivity index (χ3n) is 2.90. The summed E-state index contributed by atoms with van der Waals surface area (Å²) in [5.41, 5.74) is 0. The Balaban J connectivity index is 2.34. The first kappa shape index (κ1) is 17.5. The summed E-state index contributed by atoms with van der Waals surface area (Å²) in [5.74, 6) is 0.642. The summed E-state index contributed by atoms with van der Waals surface area (Å²) in [6, 6.07) is 4.55. The van der Waals surface area contributed by atoms with Crippen molar-refractivity contribution in [1.29, 1.82) is 0 Å². The van der Waals surface area contributed by atoms with E-state index < -0.39 is 0 Å². The van der Waals surface area contributed by atoms with E-state index in [4.69, 9.17) is 0 Å². The normalized spacial score (nSPS) is 12.9. The van der Waals surface area contributed by atoms with Gasteiger partial charge in [-0.1, -0.05) is 6.92 Å². The molecular weight excluding hydrogens is 284 g/mol. The van der Waals surface area contributed by atoms with Crippen LogP contribution in [0.15, 0.2) is 17.1 Å². The summed E-state index contributed by atoms with van der Waals surface area (Å²) in [6.45, 7) is 7.20. The van der Waals surface area contributed by atoms with Gasteiger partial charge in [-0.15, -0.1) is 11.3 Å². The van der Waals surface area contributed by atoms with Crippen molar-refractivity contribution >= 4 is 23.2 Å². The number of nitrogens with one attached hydrogen (secondary N) is 3. The van der Waals surface area contributed by atoms with Crippen LogP contribution in [0.3, 0.4) is 0 Å². The molecule has 3 N–H and O–H groups in total. The summed E-state index contributed by atoms with van der Waals surface area (Å²) < 4.78 is 0. The fourth-order valence-corrected chi connectivity index (χ4v) is 2.89. The van der Waals surface area contributed by atoms with Gasteiger partial charge < -0.3 is 16.0 Å². The third kappa shape index (κ3) is 7.13. The number of nitrogens with zero attached hydrogens (tertiary/aromatic N) is 1. The number of aliphatic imine (C=N–C) groups is 1. The molecule has 6 heteroatoms. The smallest absolute Gasteiger partial charge is 0.239 e. The average molecular weight is 310 g/mol. The summed E-state index contributed by atoms with van der Waals surface area (Å²) in [6.07, 6.45) is 1.89. The molecule has 0 aliphatic rings. The predicted octanol–water partition coefficient (Wildman–Crippen LogP) is 1.68. The van der Waals surface area contributed by atoms with E-state index in [1.54, 1.807) is 7.05 Å². The van der Waals surface area contributed by atoms with Crippen molar-refractivity contribution in [3.63, 3.8) is 0 Å². The van der Waals surface area contributed by atoms with Crippen molar-refractivity contribution in [3.05, 3.63) is 21.9 Å². The molecule has 0 radical (unpaired) electrons. The maximum Gasteiger partial charge on any atom is 0.239 e. The number of aryl methyl sites for hydroxylation is 1. The summed E-state index contributed by atoms with van der Waals surface area (Å²) in [5, 5.41) is 9.16. The molecule has 0 bridgehead atoms. The van der Waals surface area contributed by atoms with E-state index in [1.807, 2.05) is 18.3 Å². The number of hydrogen-bond acceptors (Lipinski definition) is 3. The van der Waals surface area contributed by atoms with E-state index in [2.05, 4.69) is 46.9 Å². The molecule has 1 atom stereocenters. The molecule has 1 heterocycles. The van der Waals surface area contributed by atoms with E-state index in [9.17, 15) is 4.79 Å². The molecule has 21 heavy (non-hydrogen) atoms. The Morgan fingerprint density at radius 3 is 2.71 bits per heavy atom. The Labute approximate surface area is 131 Å². The van der Waals surface area contributed by atoms with Gasteiger partial charge in [0.15, 0.2) is 5.96 Å². The zero-order valence-corrected chi connectivity index (χ0v) is 14.1. The van der Waals surface area contributed by atoms with Gasteiger partial charge in [-0.3, -0.25) is 9.79 Å². The van der Waals surface area contributed by atoms with Crippen LogP contribution in [-0.4, -0.2) is 38.0 Å². The van der Waals surface area contributed by atoms with Crippen LogP contribution in [0.4, 0.5) is 0 Å². The largest absolute Gasteiger partial charge is 0.355 e. The van der Waals surface area contributed by atoms with Crippen LogP contribution in [0.25, 0.3) is 0 Å². The molecule has 0 spiro atoms. The Morgan fingerprint density at radius 2 is 2.14 bits per heavy atom. The molecule has 0 saturated carbocycles. The zero-order valence-electron chi connectivity index (χ0n) is 13.3. The molecule has 0 aliphatic carbocycles. The molecule has 0 fully saturated rings. The van der Waals surface area contributed by atoms with Crippen molar-refractivity contribution in [2.24, 2.45) is 4.99 Å². The van der Waals surface area contributed by atoms with E-state index >= 15 is 0 Å². The maximum absolute atomic E-state index is 11.5. The van der Waals surface area contributed by atoms with E-state index in [1.165, 1.54) is 9.75 Å². The SMILES string of the molecule is CCCNC(=O)CNC(=NC)NC(C)Cc1ccc(C)s1. The standard InChI is InChI=1S/C15H26N4OS/c1-5-8-17-14(20)10-18-15(16-4)19-11(2)9-13-7-6-12(3)21-13/h6-7,11H,5,8-10H2,1-4H3,(H,17,20)(H2,16,18,19). The number of carbonyl (C=O) groups excluding carboxylic acids is 1. The Hall–Kier alpha value is -1.56. The lowest BCUT2D eigenvalue weighted by Crippen LogP contribution is -2.46. The van der Waals surface area contributed by atoms with Crippen LogP contribution in [0.2, 0.25) is 0 Å². The lowest BCUT2D eigenvalue weighted by atomic mass is 10.2. The van der Waals surface area contributed by atoms with Gasteiger partial charge in [0.25, 0.3) is 0 Å². The van der Waals surface area contributed by atoms with Gasteiger partial charge in [-0.25, -0.2) is 0 Å². The second-order valence-corrected chi connectivity index (χ2v) is 6.41. The molecule has 1 unspecified atom stereocenters. The number of thiophene rings is 1. The molecule has 0 aliphatic heterocycles. The van der Waals surface area contributed by atoms with Gasteiger partial charge in [-0.05, 0) is 32.4 Å². The van der Waals surface area contributed by atoms with Crippen LogP contribution in [0, 0.1) is 6.92 Å². The van der Waals surface area contributed by atoms with E-state index in [0.717, 1.165) is 12.8 Å². The van der Waals surface area contributed by atoms with Gasteiger partial charge in [0.1, 0.15) is 0 Å². The highest BCUT2D eigenvalue weighted by molar-refractivity contribution is 7.11. The summed E-state index contributed by atoms with van der Waals surface area (Å²) in [7, 11) is 1.71. The van der Waals surface area contributed by atoms with Crippen molar-refractivity contribution in [2.75, 3.05) is 20.1 Å².